The van der Waals surface area contributed by atoms with E-state index in [0.717, 1.165) is 35.8 Å². The van der Waals surface area contributed by atoms with E-state index in [-0.39, 0.29) is 0 Å². The highest BCUT2D eigenvalue weighted by Crippen LogP contribution is 2.32. The molecule has 5 nitrogen and oxygen atoms in total. The number of benzene rings is 1. The van der Waals surface area contributed by atoms with Gasteiger partial charge in [-0.3, -0.25) is 10.0 Å². The number of rotatable bonds is 10. The van der Waals surface area contributed by atoms with Crippen molar-refractivity contribution in [1.82, 2.24) is 0 Å². The van der Waals surface area contributed by atoms with Crippen LogP contribution in [-0.4, -0.2) is 46.2 Å². The van der Waals surface area contributed by atoms with E-state index in [2.05, 4.69) is 47.6 Å². The van der Waals surface area contributed by atoms with Gasteiger partial charge in [-0.15, -0.1) is 0 Å². The fourth-order valence-corrected chi connectivity index (χ4v) is 2.37. The zero-order chi connectivity index (χ0) is 18.7. The van der Waals surface area contributed by atoms with Gasteiger partial charge in [0.15, 0.2) is 0 Å². The Morgan fingerprint density at radius 1 is 1.24 bits per heavy atom. The second kappa shape index (κ2) is 11.1. The Labute approximate surface area is 152 Å². The molecule has 1 rings (SSSR count). The van der Waals surface area contributed by atoms with Crippen LogP contribution in [0, 0.1) is 0 Å². The van der Waals surface area contributed by atoms with Crippen molar-refractivity contribution in [3.63, 3.8) is 0 Å². The van der Waals surface area contributed by atoms with Crippen LogP contribution >= 0.6 is 0 Å². The van der Waals surface area contributed by atoms with Crippen LogP contribution in [0.15, 0.2) is 52.6 Å². The van der Waals surface area contributed by atoms with E-state index in [4.69, 9.17) is 4.74 Å². The molecule has 136 valence electrons. The molecule has 0 bridgehead atoms. The molecule has 0 spiro atoms. The highest BCUT2D eigenvalue weighted by molar-refractivity contribution is 5.89. The Kier molecular flexibility index (Phi) is 9.07. The number of allylic oxidation sites excluding steroid dienone is 3. The van der Waals surface area contributed by atoms with Crippen molar-refractivity contribution in [3.8, 4) is 5.75 Å². The van der Waals surface area contributed by atoms with Crippen molar-refractivity contribution < 1.29 is 4.74 Å². The van der Waals surface area contributed by atoms with Crippen LogP contribution in [0.4, 0.5) is 11.4 Å². The highest BCUT2D eigenvalue weighted by atomic mass is 16.5. The minimum atomic E-state index is 0.608. The minimum absolute atomic E-state index is 0.608. The molecule has 0 saturated heterocycles. The van der Waals surface area contributed by atoms with Gasteiger partial charge in [0.2, 0.25) is 0 Å². The number of ether oxygens (including phenoxy) is 1. The Morgan fingerprint density at radius 3 is 2.52 bits per heavy atom. The van der Waals surface area contributed by atoms with E-state index < -0.39 is 0 Å². The van der Waals surface area contributed by atoms with E-state index in [1.807, 2.05) is 26.1 Å². The third kappa shape index (κ3) is 6.10. The predicted molar refractivity (Wildman–Crippen MR) is 111 cm³/mol. The molecule has 0 aromatic heterocycles. The quantitative estimate of drug-likeness (QED) is 0.364. The predicted octanol–water partition coefficient (Wildman–Crippen LogP) is 4.17. The standard InChI is InChI=1S/C20H30N4O/c1-7-17(13-14-21-5)16-22-23(6)19-12-11-18(24(8-2)9-3)15-20(19)25-10-4/h7,11-16H,1,8-10H2,2-6H3/b17-13+,21-14?,22-16+. The molecule has 0 unspecified atom stereocenters. The molecule has 0 heterocycles. The fourth-order valence-electron chi connectivity index (χ4n) is 2.37. The molecule has 0 aliphatic carbocycles. The van der Waals surface area contributed by atoms with Gasteiger partial charge in [0.1, 0.15) is 11.4 Å². The second-order valence-corrected chi connectivity index (χ2v) is 5.30. The summed E-state index contributed by atoms with van der Waals surface area (Å²) in [6.07, 6.45) is 7.07. The Bertz CT molecular complexity index is 631. The van der Waals surface area contributed by atoms with Crippen molar-refractivity contribution in [3.05, 3.63) is 42.5 Å². The van der Waals surface area contributed by atoms with E-state index in [1.54, 1.807) is 30.6 Å². The van der Waals surface area contributed by atoms with E-state index >= 15 is 0 Å². The van der Waals surface area contributed by atoms with Gasteiger partial charge in [-0.05, 0) is 44.6 Å². The number of hydrogen-bond acceptors (Lipinski definition) is 5. The Morgan fingerprint density at radius 2 is 1.96 bits per heavy atom. The summed E-state index contributed by atoms with van der Waals surface area (Å²) >= 11 is 0. The smallest absolute Gasteiger partial charge is 0.146 e. The maximum Gasteiger partial charge on any atom is 0.146 e. The van der Waals surface area contributed by atoms with Crippen LogP contribution < -0.4 is 14.6 Å². The number of hydrogen-bond donors (Lipinski definition) is 0. The minimum Gasteiger partial charge on any atom is -0.492 e. The SMILES string of the molecule is C=CC(/C=N/N(C)c1ccc(N(CC)CC)cc1OCC)=C\C=NC. The zero-order valence-electron chi connectivity index (χ0n) is 16.1. The topological polar surface area (TPSA) is 40.4 Å². The van der Waals surface area contributed by atoms with Crippen molar-refractivity contribution in [2.45, 2.75) is 20.8 Å². The van der Waals surface area contributed by atoms with Crippen molar-refractivity contribution in [2.75, 3.05) is 43.7 Å². The van der Waals surface area contributed by atoms with E-state index in [0.29, 0.717) is 6.61 Å². The molecule has 0 radical (unpaired) electrons. The molecule has 1 aromatic carbocycles. The first-order valence-corrected chi connectivity index (χ1v) is 8.65. The summed E-state index contributed by atoms with van der Waals surface area (Å²) in [6, 6.07) is 6.22. The monoisotopic (exact) mass is 342 g/mol. The fraction of sp³-hybridized carbons (Fsp3) is 0.400. The van der Waals surface area contributed by atoms with Gasteiger partial charge in [0.05, 0.1) is 12.8 Å². The molecule has 0 aliphatic heterocycles. The third-order valence-corrected chi connectivity index (χ3v) is 3.75. The molecule has 0 N–H and O–H groups in total. The van der Waals surface area contributed by atoms with Crippen molar-refractivity contribution >= 4 is 23.8 Å². The Hall–Kier alpha value is -2.56. The van der Waals surface area contributed by atoms with Gasteiger partial charge in [-0.1, -0.05) is 12.7 Å². The van der Waals surface area contributed by atoms with Crippen molar-refractivity contribution in [1.29, 1.82) is 0 Å². The molecule has 5 heteroatoms. The Balaban J connectivity index is 3.11. The summed E-state index contributed by atoms with van der Waals surface area (Å²) in [6.45, 7) is 12.6. The average Bonchev–Trinajstić information content (AvgIpc) is 2.63. The third-order valence-electron chi connectivity index (χ3n) is 3.75. The molecule has 0 fully saturated rings. The van der Waals surface area contributed by atoms with E-state index in [1.165, 1.54) is 0 Å². The highest BCUT2D eigenvalue weighted by Gasteiger charge is 2.11. The van der Waals surface area contributed by atoms with E-state index in [9.17, 15) is 0 Å². The molecule has 25 heavy (non-hydrogen) atoms. The second-order valence-electron chi connectivity index (χ2n) is 5.30. The lowest BCUT2D eigenvalue weighted by atomic mass is 10.2. The molecule has 1 aromatic rings. The molecule has 0 saturated carbocycles. The molecular formula is C20H30N4O. The lowest BCUT2D eigenvalue weighted by Gasteiger charge is -2.24. The summed E-state index contributed by atoms with van der Waals surface area (Å²) in [5, 5.41) is 6.29. The van der Waals surface area contributed by atoms with Crippen molar-refractivity contribution in [2.24, 2.45) is 10.1 Å². The van der Waals surface area contributed by atoms with Gasteiger partial charge < -0.3 is 9.64 Å². The van der Waals surface area contributed by atoms with Gasteiger partial charge >= 0.3 is 0 Å². The lowest BCUT2D eigenvalue weighted by Crippen LogP contribution is -2.22. The van der Waals surface area contributed by atoms with Crippen LogP contribution in [0.3, 0.4) is 0 Å². The van der Waals surface area contributed by atoms with Crippen LogP contribution in [0.2, 0.25) is 0 Å². The normalized spacial score (nSPS) is 12.0. The van der Waals surface area contributed by atoms with Crippen LogP contribution in [-0.2, 0) is 0 Å². The van der Waals surface area contributed by atoms with Gasteiger partial charge in [0.25, 0.3) is 0 Å². The summed E-state index contributed by atoms with van der Waals surface area (Å²) in [5.41, 5.74) is 2.96. The van der Waals surface area contributed by atoms with Gasteiger partial charge in [-0.2, -0.15) is 5.10 Å². The van der Waals surface area contributed by atoms with Gasteiger partial charge in [-0.25, -0.2) is 0 Å². The summed E-state index contributed by atoms with van der Waals surface area (Å²) < 4.78 is 5.84. The number of aliphatic imine (C=N–C) groups is 1. The summed E-state index contributed by atoms with van der Waals surface area (Å²) in [7, 11) is 3.63. The van der Waals surface area contributed by atoms with Crippen LogP contribution in [0.1, 0.15) is 20.8 Å². The number of anilines is 2. The van der Waals surface area contributed by atoms with Crippen LogP contribution in [0.5, 0.6) is 5.75 Å². The number of nitrogens with zero attached hydrogens (tertiary/aromatic N) is 4. The van der Waals surface area contributed by atoms with Crippen LogP contribution in [0.25, 0.3) is 0 Å². The average molecular weight is 342 g/mol. The first-order chi connectivity index (χ1) is 12.1. The maximum atomic E-state index is 5.84. The van der Waals surface area contributed by atoms with Gasteiger partial charge in [0, 0.05) is 45.2 Å². The zero-order valence-corrected chi connectivity index (χ0v) is 16.1. The largest absolute Gasteiger partial charge is 0.492 e. The number of hydrazone groups is 1. The lowest BCUT2D eigenvalue weighted by molar-refractivity contribution is 0.341. The molecule has 0 aliphatic rings. The summed E-state index contributed by atoms with van der Waals surface area (Å²) in [4.78, 5) is 6.23. The molecular weight excluding hydrogens is 312 g/mol. The maximum absolute atomic E-state index is 5.84. The first-order valence-electron chi connectivity index (χ1n) is 8.65. The first kappa shape index (κ1) is 20.5. The molecule has 0 atom stereocenters. The summed E-state index contributed by atoms with van der Waals surface area (Å²) in [5.74, 6) is 0.825. The molecule has 0 amide bonds.